The first kappa shape index (κ1) is 20.4. The van der Waals surface area contributed by atoms with Crippen molar-refractivity contribution in [2.45, 2.75) is 13.0 Å². The third-order valence-electron chi connectivity index (χ3n) is 5.30. The van der Waals surface area contributed by atoms with Gasteiger partial charge in [-0.3, -0.25) is 14.3 Å². The molecule has 0 aliphatic heterocycles. The Morgan fingerprint density at radius 3 is 2.52 bits per heavy atom. The van der Waals surface area contributed by atoms with Crippen LogP contribution in [0, 0.1) is 0 Å². The summed E-state index contributed by atoms with van der Waals surface area (Å²) in [5, 5.41) is 16.0. The largest absolute Gasteiger partial charge is 0.352 e. The Hall–Kier alpha value is -4.52. The monoisotopic (exact) mass is 434 g/mol. The minimum Gasteiger partial charge on any atom is -0.352 e. The molecule has 2 aromatic carbocycles. The number of nitrogens with zero attached hydrogens (tertiary/aromatic N) is 4. The molecule has 0 fully saturated rings. The number of aromatic nitrogens is 4. The molecular weight excluding hydrogens is 412 g/mol. The van der Waals surface area contributed by atoms with Crippen LogP contribution < -0.4 is 10.6 Å². The van der Waals surface area contributed by atoms with Crippen LogP contribution in [0.15, 0.2) is 97.5 Å². The summed E-state index contributed by atoms with van der Waals surface area (Å²) in [6, 6.07) is 25.4. The molecule has 7 heteroatoms. The van der Waals surface area contributed by atoms with Gasteiger partial charge in [-0.05, 0) is 47.5 Å². The van der Waals surface area contributed by atoms with E-state index in [0.29, 0.717) is 18.2 Å². The first-order valence-electron chi connectivity index (χ1n) is 10.7. The molecule has 162 valence electrons. The third-order valence-corrected chi connectivity index (χ3v) is 5.30. The zero-order valence-electron chi connectivity index (χ0n) is 17.8. The smallest absolute Gasteiger partial charge is 0.224 e. The highest BCUT2D eigenvalue weighted by Crippen LogP contribution is 2.25. The zero-order valence-corrected chi connectivity index (χ0v) is 17.8. The molecular formula is C26H22N6O. The van der Waals surface area contributed by atoms with Crippen LogP contribution in [0.1, 0.15) is 11.1 Å². The molecule has 1 amide bonds. The lowest BCUT2D eigenvalue weighted by Crippen LogP contribution is -2.24. The van der Waals surface area contributed by atoms with E-state index in [1.54, 1.807) is 12.4 Å². The number of carbonyl (C=O) groups is 1. The average Bonchev–Trinajstić information content (AvgIpc) is 3.23. The quantitative estimate of drug-likeness (QED) is 0.396. The highest BCUT2D eigenvalue weighted by molar-refractivity contribution is 5.90. The van der Waals surface area contributed by atoms with Crippen LogP contribution in [0.4, 0.5) is 11.5 Å². The molecule has 0 bridgehead atoms. The number of rotatable bonds is 7. The maximum Gasteiger partial charge on any atom is 0.224 e. The van der Waals surface area contributed by atoms with Gasteiger partial charge in [-0.2, -0.15) is 0 Å². The van der Waals surface area contributed by atoms with E-state index in [0.717, 1.165) is 27.7 Å². The SMILES string of the molecule is O=C(Cc1cn(-c2ccc(Nc3ccccc3)nn2)c2ccccc12)NCc1cccnc1. The number of nitrogens with one attached hydrogen (secondary N) is 2. The van der Waals surface area contributed by atoms with Gasteiger partial charge in [-0.15, -0.1) is 10.2 Å². The normalized spacial score (nSPS) is 10.8. The summed E-state index contributed by atoms with van der Waals surface area (Å²) in [6.07, 6.45) is 5.70. The average molecular weight is 435 g/mol. The van der Waals surface area contributed by atoms with E-state index in [9.17, 15) is 4.79 Å². The molecule has 0 saturated carbocycles. The number of amides is 1. The Morgan fingerprint density at radius 2 is 1.73 bits per heavy atom. The van der Waals surface area contributed by atoms with E-state index in [2.05, 4.69) is 25.8 Å². The van der Waals surface area contributed by atoms with Gasteiger partial charge in [-0.1, -0.05) is 42.5 Å². The highest BCUT2D eigenvalue weighted by atomic mass is 16.1. The summed E-state index contributed by atoms with van der Waals surface area (Å²) in [5.41, 5.74) is 3.83. The fourth-order valence-corrected chi connectivity index (χ4v) is 3.71. The first-order valence-corrected chi connectivity index (χ1v) is 10.7. The Kier molecular flexibility index (Phi) is 5.75. The van der Waals surface area contributed by atoms with Gasteiger partial charge in [0.15, 0.2) is 11.6 Å². The Morgan fingerprint density at radius 1 is 0.879 bits per heavy atom. The van der Waals surface area contributed by atoms with Gasteiger partial charge in [0, 0.05) is 36.2 Å². The fourth-order valence-electron chi connectivity index (χ4n) is 3.71. The van der Waals surface area contributed by atoms with Crippen LogP contribution in [-0.4, -0.2) is 25.7 Å². The van der Waals surface area contributed by atoms with E-state index >= 15 is 0 Å². The molecule has 7 nitrogen and oxygen atoms in total. The number of fused-ring (bicyclic) bond motifs is 1. The second-order valence-electron chi connectivity index (χ2n) is 7.62. The van der Waals surface area contributed by atoms with E-state index in [4.69, 9.17) is 0 Å². The summed E-state index contributed by atoms with van der Waals surface area (Å²) >= 11 is 0. The molecule has 0 atom stereocenters. The van der Waals surface area contributed by atoms with Crippen LogP contribution in [0.2, 0.25) is 0 Å². The number of anilines is 2. The van der Waals surface area contributed by atoms with Gasteiger partial charge < -0.3 is 10.6 Å². The highest BCUT2D eigenvalue weighted by Gasteiger charge is 2.14. The predicted molar refractivity (Wildman–Crippen MR) is 128 cm³/mol. The van der Waals surface area contributed by atoms with E-state index in [-0.39, 0.29) is 12.3 Å². The zero-order chi connectivity index (χ0) is 22.5. The summed E-state index contributed by atoms with van der Waals surface area (Å²) in [6.45, 7) is 0.451. The molecule has 0 aliphatic carbocycles. The van der Waals surface area contributed by atoms with Gasteiger partial charge in [-0.25, -0.2) is 0 Å². The van der Waals surface area contributed by atoms with Crippen molar-refractivity contribution < 1.29 is 4.79 Å². The second kappa shape index (κ2) is 9.32. The molecule has 5 aromatic rings. The topological polar surface area (TPSA) is 84.7 Å². The third kappa shape index (κ3) is 4.72. The van der Waals surface area contributed by atoms with Crippen molar-refractivity contribution in [2.24, 2.45) is 0 Å². The van der Waals surface area contributed by atoms with Crippen molar-refractivity contribution in [3.8, 4) is 5.82 Å². The number of para-hydroxylation sites is 2. The standard InChI is InChI=1S/C26H22N6O/c33-26(28-17-19-7-6-14-27-16-19)15-20-18-32(23-11-5-4-10-22(20)23)25-13-12-24(30-31-25)29-21-8-2-1-3-9-21/h1-14,16,18H,15,17H2,(H,28,33)(H,29,30). The van der Waals surface area contributed by atoms with Crippen molar-refractivity contribution in [2.75, 3.05) is 5.32 Å². The molecule has 3 heterocycles. The predicted octanol–water partition coefficient (Wildman–Crippen LogP) is 4.42. The van der Waals surface area contributed by atoms with Crippen molar-refractivity contribution in [3.63, 3.8) is 0 Å². The molecule has 2 N–H and O–H groups in total. The van der Waals surface area contributed by atoms with Gasteiger partial charge >= 0.3 is 0 Å². The molecule has 0 spiro atoms. The van der Waals surface area contributed by atoms with Crippen molar-refractivity contribution in [1.82, 2.24) is 25.1 Å². The first-order chi connectivity index (χ1) is 16.3. The maximum absolute atomic E-state index is 12.6. The number of carbonyl (C=O) groups excluding carboxylic acids is 1. The Balaban J connectivity index is 1.35. The molecule has 5 rings (SSSR count). The number of pyridine rings is 1. The number of benzene rings is 2. The lowest BCUT2D eigenvalue weighted by molar-refractivity contribution is -0.120. The van der Waals surface area contributed by atoms with Crippen LogP contribution in [0.3, 0.4) is 0 Å². The molecule has 0 radical (unpaired) electrons. The van der Waals surface area contributed by atoms with E-state index in [1.807, 2.05) is 89.6 Å². The minimum atomic E-state index is -0.0461. The lowest BCUT2D eigenvalue weighted by Gasteiger charge is -2.07. The van der Waals surface area contributed by atoms with E-state index in [1.165, 1.54) is 0 Å². The maximum atomic E-state index is 12.6. The molecule has 33 heavy (non-hydrogen) atoms. The van der Waals surface area contributed by atoms with Crippen molar-refractivity contribution in [1.29, 1.82) is 0 Å². The van der Waals surface area contributed by atoms with Gasteiger partial charge in [0.05, 0.1) is 11.9 Å². The fraction of sp³-hybridized carbons (Fsp3) is 0.0769. The van der Waals surface area contributed by atoms with Crippen LogP contribution in [-0.2, 0) is 17.8 Å². The lowest BCUT2D eigenvalue weighted by atomic mass is 10.1. The Bertz CT molecular complexity index is 1360. The van der Waals surface area contributed by atoms with Crippen molar-refractivity contribution in [3.05, 3.63) is 109 Å². The van der Waals surface area contributed by atoms with Gasteiger partial charge in [0.1, 0.15) is 0 Å². The second-order valence-corrected chi connectivity index (χ2v) is 7.62. The summed E-state index contributed by atoms with van der Waals surface area (Å²) in [5.74, 6) is 1.30. The number of hydrogen-bond donors (Lipinski definition) is 2. The van der Waals surface area contributed by atoms with Gasteiger partial charge in [0.25, 0.3) is 0 Å². The van der Waals surface area contributed by atoms with Crippen LogP contribution in [0.5, 0.6) is 0 Å². The molecule has 0 aliphatic rings. The van der Waals surface area contributed by atoms with Gasteiger partial charge in [0.2, 0.25) is 5.91 Å². The molecule has 0 unspecified atom stereocenters. The van der Waals surface area contributed by atoms with E-state index < -0.39 is 0 Å². The molecule has 0 saturated heterocycles. The van der Waals surface area contributed by atoms with Crippen molar-refractivity contribution >= 4 is 28.3 Å². The Labute approximate surface area is 191 Å². The minimum absolute atomic E-state index is 0.0461. The van der Waals surface area contributed by atoms with Crippen LogP contribution >= 0.6 is 0 Å². The van der Waals surface area contributed by atoms with Crippen LogP contribution in [0.25, 0.3) is 16.7 Å². The summed E-state index contributed by atoms with van der Waals surface area (Å²) in [4.78, 5) is 16.7. The summed E-state index contributed by atoms with van der Waals surface area (Å²) in [7, 11) is 0. The molecule has 3 aromatic heterocycles. The number of hydrogen-bond acceptors (Lipinski definition) is 5. The summed E-state index contributed by atoms with van der Waals surface area (Å²) < 4.78 is 1.97.